The molecule has 2 N–H and O–H groups in total. The molecule has 0 aliphatic heterocycles. The molecule has 0 spiro atoms. The van der Waals surface area contributed by atoms with Crippen LogP contribution in [0.4, 0.5) is 11.4 Å². The van der Waals surface area contributed by atoms with Gasteiger partial charge < -0.3 is 20.1 Å². The lowest BCUT2D eigenvalue weighted by atomic mass is 10.1. The monoisotopic (exact) mass is 606 g/mol. The molecule has 6 rings (SSSR count). The van der Waals surface area contributed by atoms with E-state index in [1.807, 2.05) is 97.1 Å². The molecular formula is C40H34N2O4. The average molecular weight is 607 g/mol. The van der Waals surface area contributed by atoms with E-state index in [4.69, 9.17) is 9.47 Å². The van der Waals surface area contributed by atoms with Crippen LogP contribution in [-0.2, 0) is 12.8 Å². The first-order valence-corrected chi connectivity index (χ1v) is 15.3. The molecule has 6 aromatic carbocycles. The van der Waals surface area contributed by atoms with Gasteiger partial charge in [0, 0.05) is 46.1 Å². The molecule has 0 saturated carbocycles. The minimum atomic E-state index is -0.250. The van der Waals surface area contributed by atoms with Crippen LogP contribution in [0.1, 0.15) is 31.8 Å². The number of benzene rings is 6. The number of nitrogens with one attached hydrogen (secondary N) is 2. The van der Waals surface area contributed by atoms with Crippen LogP contribution in [0.2, 0.25) is 0 Å². The average Bonchev–Trinajstić information content (AvgIpc) is 3.10. The highest BCUT2D eigenvalue weighted by Gasteiger charge is 2.13. The van der Waals surface area contributed by atoms with Crippen LogP contribution in [0, 0.1) is 0 Å². The van der Waals surface area contributed by atoms with Gasteiger partial charge in [-0.2, -0.15) is 0 Å². The summed E-state index contributed by atoms with van der Waals surface area (Å²) in [4.78, 5) is 26.6. The fraction of sp³-hybridized carbons (Fsp3) is 0.100. The van der Waals surface area contributed by atoms with Gasteiger partial charge in [0.05, 0.1) is 13.2 Å². The molecule has 0 unspecified atom stereocenters. The van der Waals surface area contributed by atoms with E-state index in [2.05, 4.69) is 34.9 Å². The van der Waals surface area contributed by atoms with Gasteiger partial charge in [0.1, 0.15) is 11.5 Å². The van der Waals surface area contributed by atoms with Gasteiger partial charge in [-0.1, -0.05) is 97.1 Å². The van der Waals surface area contributed by atoms with E-state index in [9.17, 15) is 9.59 Å². The van der Waals surface area contributed by atoms with Crippen molar-refractivity contribution in [2.75, 3.05) is 23.8 Å². The molecular weight excluding hydrogens is 572 g/mol. The van der Waals surface area contributed by atoms with E-state index >= 15 is 0 Å². The molecule has 0 aromatic heterocycles. The van der Waals surface area contributed by atoms with Gasteiger partial charge in [-0.3, -0.25) is 9.59 Å². The van der Waals surface area contributed by atoms with Crippen molar-refractivity contribution in [1.82, 2.24) is 0 Å². The molecule has 0 radical (unpaired) electrons. The van der Waals surface area contributed by atoms with Gasteiger partial charge in [0.2, 0.25) is 0 Å². The Kier molecular flexibility index (Phi) is 9.66. The standard InChI is InChI=1S/C40H34N2O4/c43-39(31-15-7-17-33(27-31)45-25-23-29-11-3-1-4-12-29)41-37-21-9-20-36-35(37)19-10-22-38(36)42-40(44)32-16-8-18-34(28-32)46-26-24-30-13-5-2-6-14-30/h1-22,27-28H,23-26H2,(H,41,43)(H,42,44). The Bertz CT molecular complexity index is 1800. The number of anilines is 2. The van der Waals surface area contributed by atoms with Gasteiger partial charge >= 0.3 is 0 Å². The summed E-state index contributed by atoms with van der Waals surface area (Å²) in [5.74, 6) is 0.772. The van der Waals surface area contributed by atoms with Gasteiger partial charge in [-0.15, -0.1) is 0 Å². The van der Waals surface area contributed by atoms with Gasteiger partial charge in [0.25, 0.3) is 11.8 Å². The molecule has 0 fully saturated rings. The quantitative estimate of drug-likeness (QED) is 0.146. The van der Waals surface area contributed by atoms with Crippen LogP contribution in [0.25, 0.3) is 10.8 Å². The number of fused-ring (bicyclic) bond motifs is 1. The molecule has 0 heterocycles. The summed E-state index contributed by atoms with van der Waals surface area (Å²) in [6, 6.07) is 45.9. The molecule has 0 aliphatic carbocycles. The lowest BCUT2D eigenvalue weighted by Gasteiger charge is -2.14. The zero-order valence-electron chi connectivity index (χ0n) is 25.3. The maximum Gasteiger partial charge on any atom is 0.255 e. The fourth-order valence-corrected chi connectivity index (χ4v) is 5.23. The second kappa shape index (κ2) is 14.7. The summed E-state index contributed by atoms with van der Waals surface area (Å²) >= 11 is 0. The predicted molar refractivity (Wildman–Crippen MR) is 184 cm³/mol. The first-order valence-electron chi connectivity index (χ1n) is 15.3. The summed E-state index contributed by atoms with van der Waals surface area (Å²) in [6.07, 6.45) is 1.56. The summed E-state index contributed by atoms with van der Waals surface area (Å²) in [5.41, 5.74) is 4.65. The Labute approximate surface area is 268 Å². The largest absolute Gasteiger partial charge is 0.493 e. The lowest BCUT2D eigenvalue weighted by Crippen LogP contribution is -2.14. The maximum absolute atomic E-state index is 13.3. The van der Waals surface area contributed by atoms with Crippen LogP contribution < -0.4 is 20.1 Å². The highest BCUT2D eigenvalue weighted by atomic mass is 16.5. The number of ether oxygens (including phenoxy) is 2. The van der Waals surface area contributed by atoms with E-state index in [0.717, 1.165) is 23.6 Å². The third kappa shape index (κ3) is 7.79. The highest BCUT2D eigenvalue weighted by molar-refractivity contribution is 6.14. The first kappa shape index (κ1) is 30.2. The molecule has 6 heteroatoms. The Morgan fingerprint density at radius 3 is 1.30 bits per heavy atom. The molecule has 6 nitrogen and oxygen atoms in total. The summed E-state index contributed by atoms with van der Waals surface area (Å²) < 4.78 is 11.9. The maximum atomic E-state index is 13.3. The summed E-state index contributed by atoms with van der Waals surface area (Å²) in [5, 5.41) is 7.69. The van der Waals surface area contributed by atoms with Crippen LogP contribution >= 0.6 is 0 Å². The molecule has 228 valence electrons. The third-order valence-corrected chi connectivity index (χ3v) is 7.62. The smallest absolute Gasteiger partial charge is 0.255 e. The van der Waals surface area contributed by atoms with Gasteiger partial charge in [-0.05, 0) is 59.7 Å². The molecule has 0 bridgehead atoms. The molecule has 46 heavy (non-hydrogen) atoms. The van der Waals surface area contributed by atoms with Crippen molar-refractivity contribution in [2.45, 2.75) is 12.8 Å². The fourth-order valence-electron chi connectivity index (χ4n) is 5.23. The Balaban J connectivity index is 1.10. The van der Waals surface area contributed by atoms with E-state index in [0.29, 0.717) is 47.2 Å². The van der Waals surface area contributed by atoms with Crippen molar-refractivity contribution in [3.05, 3.63) is 168 Å². The SMILES string of the molecule is O=C(Nc1cccc2c(NC(=O)c3cccc(OCCc4ccccc4)c3)cccc12)c1cccc(OCCc2ccccc2)c1. The molecule has 0 saturated heterocycles. The van der Waals surface area contributed by atoms with Crippen LogP contribution in [0.3, 0.4) is 0 Å². The third-order valence-electron chi connectivity index (χ3n) is 7.62. The zero-order valence-corrected chi connectivity index (χ0v) is 25.3. The number of hydrogen-bond donors (Lipinski definition) is 2. The van der Waals surface area contributed by atoms with Crippen LogP contribution in [-0.4, -0.2) is 25.0 Å². The van der Waals surface area contributed by atoms with E-state index in [1.165, 1.54) is 11.1 Å². The molecule has 2 amide bonds. The number of amides is 2. The number of carbonyl (C=O) groups excluding carboxylic acids is 2. The van der Waals surface area contributed by atoms with Crippen molar-refractivity contribution in [3.63, 3.8) is 0 Å². The lowest BCUT2D eigenvalue weighted by molar-refractivity contribution is 0.101. The zero-order chi connectivity index (χ0) is 31.6. The van der Waals surface area contributed by atoms with Crippen molar-refractivity contribution in [2.24, 2.45) is 0 Å². The normalized spacial score (nSPS) is 10.7. The Morgan fingerprint density at radius 2 is 0.870 bits per heavy atom. The summed E-state index contributed by atoms with van der Waals surface area (Å²) in [7, 11) is 0. The van der Waals surface area contributed by atoms with Gasteiger partial charge in [-0.25, -0.2) is 0 Å². The second-order valence-electron chi connectivity index (χ2n) is 10.8. The van der Waals surface area contributed by atoms with Crippen molar-refractivity contribution >= 4 is 34.0 Å². The topological polar surface area (TPSA) is 76.7 Å². The number of carbonyl (C=O) groups is 2. The minimum absolute atomic E-state index is 0.250. The molecule has 0 aliphatic rings. The molecule has 0 atom stereocenters. The first-order chi connectivity index (χ1) is 22.6. The Morgan fingerprint density at radius 1 is 0.457 bits per heavy atom. The second-order valence-corrected chi connectivity index (χ2v) is 10.8. The van der Waals surface area contributed by atoms with Crippen molar-refractivity contribution in [3.8, 4) is 11.5 Å². The van der Waals surface area contributed by atoms with Gasteiger partial charge in [0.15, 0.2) is 0 Å². The predicted octanol–water partition coefficient (Wildman–Crippen LogP) is 8.59. The van der Waals surface area contributed by atoms with E-state index in [1.54, 1.807) is 24.3 Å². The number of rotatable bonds is 12. The van der Waals surface area contributed by atoms with Crippen molar-refractivity contribution in [1.29, 1.82) is 0 Å². The van der Waals surface area contributed by atoms with E-state index in [-0.39, 0.29) is 11.8 Å². The van der Waals surface area contributed by atoms with Crippen LogP contribution in [0.5, 0.6) is 11.5 Å². The number of hydrogen-bond acceptors (Lipinski definition) is 4. The van der Waals surface area contributed by atoms with Crippen molar-refractivity contribution < 1.29 is 19.1 Å². The molecule has 6 aromatic rings. The highest BCUT2D eigenvalue weighted by Crippen LogP contribution is 2.30. The van der Waals surface area contributed by atoms with E-state index < -0.39 is 0 Å². The van der Waals surface area contributed by atoms with Crippen LogP contribution in [0.15, 0.2) is 146 Å². The Hall–Kier alpha value is -5.88. The summed E-state index contributed by atoms with van der Waals surface area (Å²) in [6.45, 7) is 1.02. The minimum Gasteiger partial charge on any atom is -0.493 e.